The van der Waals surface area contributed by atoms with E-state index < -0.39 is 0 Å². The van der Waals surface area contributed by atoms with Crippen molar-refractivity contribution in [3.8, 4) is 0 Å². The zero-order valence-corrected chi connectivity index (χ0v) is 20.6. The largest absolute Gasteiger partial charge is 0.381 e. The minimum absolute atomic E-state index is 0.298. The molecule has 4 aliphatic rings. The smallest absolute Gasteiger partial charge is 0.0586 e. The summed E-state index contributed by atoms with van der Waals surface area (Å²) in [6, 6.07) is 0. The molecule has 0 aromatic heterocycles. The molecule has 0 radical (unpaired) electrons. The molecule has 0 amide bonds. The molecule has 4 nitrogen and oxygen atoms in total. The van der Waals surface area contributed by atoms with Crippen molar-refractivity contribution in [1.29, 1.82) is 0 Å². The first kappa shape index (κ1) is 23.0. The fourth-order valence-corrected chi connectivity index (χ4v) is 6.87. The molecule has 0 aromatic carbocycles. The van der Waals surface area contributed by atoms with E-state index in [0.717, 1.165) is 19.8 Å². The van der Waals surface area contributed by atoms with Crippen molar-refractivity contribution in [3.05, 3.63) is 0 Å². The van der Waals surface area contributed by atoms with Gasteiger partial charge in [-0.25, -0.2) is 0 Å². The van der Waals surface area contributed by atoms with Crippen LogP contribution in [0.1, 0.15) is 86.0 Å². The van der Waals surface area contributed by atoms with Gasteiger partial charge in [0.1, 0.15) is 0 Å². The lowest BCUT2D eigenvalue weighted by Gasteiger charge is -2.47. The van der Waals surface area contributed by atoms with Crippen LogP contribution in [-0.2, 0) is 9.47 Å². The molecule has 2 atom stereocenters. The highest BCUT2D eigenvalue weighted by atomic mass is 16.5. The van der Waals surface area contributed by atoms with Crippen molar-refractivity contribution < 1.29 is 9.47 Å². The Bertz CT molecular complexity index is 568. The zero-order chi connectivity index (χ0) is 21.5. The molecule has 174 valence electrons. The zero-order valence-electron chi connectivity index (χ0n) is 20.6. The van der Waals surface area contributed by atoms with Crippen molar-refractivity contribution in [2.45, 2.75) is 97.6 Å². The van der Waals surface area contributed by atoms with Gasteiger partial charge in [-0.2, -0.15) is 0 Å². The molecule has 2 unspecified atom stereocenters. The van der Waals surface area contributed by atoms with Crippen LogP contribution in [-0.4, -0.2) is 74.0 Å². The Morgan fingerprint density at radius 1 is 0.800 bits per heavy atom. The third kappa shape index (κ3) is 5.42. The first-order chi connectivity index (χ1) is 14.1. The Kier molecular flexibility index (Phi) is 6.63. The Labute approximate surface area is 186 Å². The number of nitrogens with zero attached hydrogens (tertiary/aromatic N) is 2. The molecule has 0 bridgehead atoms. The maximum Gasteiger partial charge on any atom is 0.0586 e. The topological polar surface area (TPSA) is 24.9 Å². The van der Waals surface area contributed by atoms with Crippen LogP contribution in [0.2, 0.25) is 0 Å². The molecule has 30 heavy (non-hydrogen) atoms. The van der Waals surface area contributed by atoms with Gasteiger partial charge >= 0.3 is 0 Å². The van der Waals surface area contributed by atoms with Gasteiger partial charge in [0.25, 0.3) is 0 Å². The van der Waals surface area contributed by atoms with E-state index in [-0.39, 0.29) is 0 Å². The summed E-state index contributed by atoms with van der Waals surface area (Å²) in [5.41, 5.74) is 1.73. The third-order valence-electron chi connectivity index (χ3n) is 8.94. The van der Waals surface area contributed by atoms with Crippen molar-refractivity contribution in [1.82, 2.24) is 9.80 Å². The molecule has 4 fully saturated rings. The van der Waals surface area contributed by atoms with E-state index in [2.05, 4.69) is 44.4 Å². The summed E-state index contributed by atoms with van der Waals surface area (Å²) in [5.74, 6) is 0. The summed E-state index contributed by atoms with van der Waals surface area (Å²) in [4.78, 5) is 5.45. The fourth-order valence-electron chi connectivity index (χ4n) is 6.87. The fraction of sp³-hybridized carbons (Fsp3) is 1.00. The predicted molar refractivity (Wildman–Crippen MR) is 124 cm³/mol. The highest BCUT2D eigenvalue weighted by Crippen LogP contribution is 2.46. The van der Waals surface area contributed by atoms with Gasteiger partial charge in [0, 0.05) is 38.4 Å². The van der Waals surface area contributed by atoms with Gasteiger partial charge in [-0.3, -0.25) is 4.90 Å². The van der Waals surface area contributed by atoms with E-state index >= 15 is 0 Å². The lowest BCUT2D eigenvalue weighted by Crippen LogP contribution is -2.47. The van der Waals surface area contributed by atoms with Crippen LogP contribution in [0.3, 0.4) is 0 Å². The summed E-state index contributed by atoms with van der Waals surface area (Å²) >= 11 is 0. The Morgan fingerprint density at radius 2 is 1.43 bits per heavy atom. The molecule has 4 heteroatoms. The van der Waals surface area contributed by atoms with Crippen LogP contribution >= 0.6 is 0 Å². The Morgan fingerprint density at radius 3 is 2.07 bits per heavy atom. The first-order valence-electron chi connectivity index (χ1n) is 12.8. The van der Waals surface area contributed by atoms with Gasteiger partial charge in [-0.1, -0.05) is 13.8 Å². The van der Waals surface area contributed by atoms with Gasteiger partial charge in [0.2, 0.25) is 0 Å². The highest BCUT2D eigenvalue weighted by molar-refractivity contribution is 4.98. The predicted octanol–water partition coefficient (Wildman–Crippen LogP) is 4.96. The third-order valence-corrected chi connectivity index (χ3v) is 8.94. The van der Waals surface area contributed by atoms with Crippen LogP contribution < -0.4 is 0 Å². The Balaban J connectivity index is 1.27. The molecule has 0 N–H and O–H groups in total. The quantitative estimate of drug-likeness (QED) is 0.641. The molecule has 0 saturated carbocycles. The molecule has 4 heterocycles. The van der Waals surface area contributed by atoms with Crippen LogP contribution in [0.25, 0.3) is 0 Å². The van der Waals surface area contributed by atoms with Crippen LogP contribution in [0.4, 0.5) is 0 Å². The van der Waals surface area contributed by atoms with Crippen LogP contribution in [0, 0.1) is 16.2 Å². The normalized spacial score (nSPS) is 34.1. The molecule has 0 aromatic rings. The maximum absolute atomic E-state index is 6.35. The minimum atomic E-state index is 0.298. The Hall–Kier alpha value is -0.160. The van der Waals surface area contributed by atoms with Crippen molar-refractivity contribution in [2.24, 2.45) is 16.2 Å². The second-order valence-corrected chi connectivity index (χ2v) is 13.0. The molecule has 4 aliphatic heterocycles. The minimum Gasteiger partial charge on any atom is -0.381 e. The number of rotatable bonds is 4. The summed E-state index contributed by atoms with van der Waals surface area (Å²) in [6.45, 7) is 21.3. The summed E-state index contributed by atoms with van der Waals surface area (Å²) < 4.78 is 12.0. The van der Waals surface area contributed by atoms with Gasteiger partial charge in [-0.05, 0) is 108 Å². The van der Waals surface area contributed by atoms with Crippen molar-refractivity contribution in [2.75, 3.05) is 52.5 Å². The molecule has 4 rings (SSSR count). The van der Waals surface area contributed by atoms with Gasteiger partial charge in [0.15, 0.2) is 0 Å². The summed E-state index contributed by atoms with van der Waals surface area (Å²) in [5, 5.41) is 0. The first-order valence-corrected chi connectivity index (χ1v) is 12.8. The van der Waals surface area contributed by atoms with E-state index in [1.165, 1.54) is 84.1 Å². The average molecular weight is 421 g/mol. The SMILES string of the molecule is CC(C)(CC1CC2(CCO1)CCN(C(C)(C)C)C2)CN1CCC2(CCOCC2)CC1. The number of hydrogen-bond donors (Lipinski definition) is 0. The van der Waals surface area contributed by atoms with E-state index in [4.69, 9.17) is 9.47 Å². The van der Waals surface area contributed by atoms with Gasteiger partial charge in [-0.15, -0.1) is 0 Å². The highest BCUT2D eigenvalue weighted by Gasteiger charge is 2.46. The van der Waals surface area contributed by atoms with E-state index in [1.807, 2.05) is 0 Å². The monoisotopic (exact) mass is 420 g/mol. The molecule has 2 spiro atoms. The molecular formula is C26H48N2O2. The van der Waals surface area contributed by atoms with Crippen molar-refractivity contribution in [3.63, 3.8) is 0 Å². The summed E-state index contributed by atoms with van der Waals surface area (Å²) in [7, 11) is 0. The molecule has 0 aliphatic carbocycles. The van der Waals surface area contributed by atoms with Gasteiger partial charge in [0.05, 0.1) is 6.10 Å². The average Bonchev–Trinajstić information content (AvgIpc) is 3.08. The maximum atomic E-state index is 6.35. The van der Waals surface area contributed by atoms with Crippen molar-refractivity contribution >= 4 is 0 Å². The van der Waals surface area contributed by atoms with E-state index in [1.54, 1.807) is 0 Å². The molecule has 4 saturated heterocycles. The van der Waals surface area contributed by atoms with Gasteiger partial charge < -0.3 is 14.4 Å². The van der Waals surface area contributed by atoms with E-state index in [9.17, 15) is 0 Å². The number of ether oxygens (including phenoxy) is 2. The molecular weight excluding hydrogens is 372 g/mol. The number of piperidine rings is 1. The summed E-state index contributed by atoms with van der Waals surface area (Å²) in [6.07, 6.45) is 10.9. The van der Waals surface area contributed by atoms with Crippen LogP contribution in [0.15, 0.2) is 0 Å². The second kappa shape index (κ2) is 8.65. The lowest BCUT2D eigenvalue weighted by atomic mass is 9.71. The second-order valence-electron chi connectivity index (χ2n) is 13.0. The van der Waals surface area contributed by atoms with Crippen LogP contribution in [0.5, 0.6) is 0 Å². The van der Waals surface area contributed by atoms with E-state index in [0.29, 0.717) is 27.9 Å². The standard InChI is InChI=1S/C26H48N2O2/c1-23(2,3)28-14-8-26(21-28)11-17-30-22(19-26)18-24(4,5)20-27-12-6-25(7-13-27)9-15-29-16-10-25/h22H,6-21H2,1-5H3. The number of hydrogen-bond acceptors (Lipinski definition) is 4. The lowest BCUT2D eigenvalue weighted by molar-refractivity contribution is -0.0705. The number of likely N-dealkylation sites (tertiary alicyclic amines) is 2.